The van der Waals surface area contributed by atoms with Crippen LogP contribution in [0.15, 0.2) is 188 Å². The Morgan fingerprint density at radius 2 is 0.862 bits per heavy atom. The van der Waals surface area contributed by atoms with Gasteiger partial charge < -0.3 is 9.13 Å². The van der Waals surface area contributed by atoms with E-state index in [4.69, 9.17) is 0 Å². The number of nitrogens with zero attached hydrogens (tertiary/aromatic N) is 3. The molecule has 312 valence electrons. The second-order valence-electron chi connectivity index (χ2n) is 16.9. The largest absolute Gasteiger partial charge is 0.417 e. The number of para-hydroxylation sites is 2. The van der Waals surface area contributed by atoms with Crippen molar-refractivity contribution in [3.05, 3.63) is 216 Å². The van der Waals surface area contributed by atoms with Crippen molar-refractivity contribution in [3.8, 4) is 62.0 Å². The summed E-state index contributed by atoms with van der Waals surface area (Å²) in [4.78, 5) is 0. The number of aryl methyl sites for hydroxylation is 3. The molecule has 0 amide bonds. The summed E-state index contributed by atoms with van der Waals surface area (Å²) in [6, 6.07) is 64.3. The summed E-state index contributed by atoms with van der Waals surface area (Å²) in [5, 5.41) is 14.7. The molecule has 9 aromatic carbocycles. The summed E-state index contributed by atoms with van der Waals surface area (Å²) in [6.07, 6.45) is -4.59. The highest BCUT2D eigenvalue weighted by Gasteiger charge is 2.34. The van der Waals surface area contributed by atoms with Gasteiger partial charge in [-0.2, -0.15) is 18.4 Å². The fraction of sp³-hybridized carbons (Fsp3) is 0.0678. The lowest BCUT2D eigenvalue weighted by molar-refractivity contribution is -0.137. The zero-order valence-electron chi connectivity index (χ0n) is 35.9. The van der Waals surface area contributed by atoms with E-state index in [9.17, 15) is 18.4 Å². The van der Waals surface area contributed by atoms with E-state index in [0.29, 0.717) is 27.8 Å². The molecule has 0 unspecified atom stereocenters. The van der Waals surface area contributed by atoms with Crippen LogP contribution in [0.1, 0.15) is 27.8 Å². The normalized spacial score (nSPS) is 11.8. The van der Waals surface area contributed by atoms with E-state index >= 15 is 0 Å². The number of fused-ring (bicyclic) bond motifs is 6. The lowest BCUT2D eigenvalue weighted by Crippen LogP contribution is -2.08. The molecule has 0 spiro atoms. The molecular weight excluding hydrogens is 808 g/mol. The van der Waals surface area contributed by atoms with Crippen LogP contribution in [0.3, 0.4) is 0 Å². The Hall–Kier alpha value is -8.14. The third kappa shape index (κ3) is 6.50. The van der Waals surface area contributed by atoms with Crippen LogP contribution in [-0.2, 0) is 6.18 Å². The number of alkyl halides is 3. The van der Waals surface area contributed by atoms with Crippen molar-refractivity contribution >= 4 is 43.6 Å². The molecule has 0 saturated carbocycles. The van der Waals surface area contributed by atoms with Gasteiger partial charge in [0.05, 0.1) is 50.6 Å². The standard InChI is InChI=1S/C59H40F3N3/c1-36-13-4-6-16-43(36)40-24-28-55-48(32-40)45-18-8-10-21-52(45)64(55)54-27-23-39(35-63)31-47(54)50-34-42(58-38(3)15-12-20-51(58)59(60,61)62)26-30-57(50)65-53-22-11-9-19-46(53)49-33-41(25-29-56(49)65)44-17-7-5-14-37(44)2/h4-34H,1-3H3. The summed E-state index contributed by atoms with van der Waals surface area (Å²) in [6.45, 7) is 5.96. The van der Waals surface area contributed by atoms with Crippen molar-refractivity contribution in [2.45, 2.75) is 26.9 Å². The number of rotatable bonds is 6. The second kappa shape index (κ2) is 15.3. The molecule has 0 fully saturated rings. The number of halogens is 3. The van der Waals surface area contributed by atoms with E-state index in [2.05, 4.69) is 126 Å². The first-order valence-corrected chi connectivity index (χ1v) is 21.6. The van der Waals surface area contributed by atoms with Crippen LogP contribution in [0.25, 0.3) is 99.5 Å². The molecule has 2 aromatic heterocycles. The molecule has 0 aliphatic carbocycles. The predicted molar refractivity (Wildman–Crippen MR) is 261 cm³/mol. The van der Waals surface area contributed by atoms with E-state index in [0.717, 1.165) is 83.3 Å². The molecule has 2 heterocycles. The lowest BCUT2D eigenvalue weighted by Gasteiger charge is -2.21. The summed E-state index contributed by atoms with van der Waals surface area (Å²) >= 11 is 0. The van der Waals surface area contributed by atoms with Gasteiger partial charge in [0.15, 0.2) is 0 Å². The minimum absolute atomic E-state index is 0.122. The molecule has 0 aliphatic heterocycles. The molecule has 0 N–H and O–H groups in total. The maximum atomic E-state index is 14.9. The van der Waals surface area contributed by atoms with Gasteiger partial charge >= 0.3 is 6.18 Å². The summed E-state index contributed by atoms with van der Waals surface area (Å²) in [5.74, 6) is 0. The molecule has 0 aliphatic rings. The Balaban J connectivity index is 1.24. The zero-order chi connectivity index (χ0) is 44.6. The van der Waals surface area contributed by atoms with E-state index in [1.165, 1.54) is 17.2 Å². The van der Waals surface area contributed by atoms with Crippen LogP contribution in [0.4, 0.5) is 13.2 Å². The fourth-order valence-electron chi connectivity index (χ4n) is 10.00. The van der Waals surface area contributed by atoms with Crippen LogP contribution >= 0.6 is 0 Å². The van der Waals surface area contributed by atoms with Crippen LogP contribution in [0, 0.1) is 32.1 Å². The first-order chi connectivity index (χ1) is 31.6. The van der Waals surface area contributed by atoms with Crippen molar-refractivity contribution in [2.24, 2.45) is 0 Å². The van der Waals surface area contributed by atoms with E-state index < -0.39 is 11.7 Å². The van der Waals surface area contributed by atoms with Gasteiger partial charge in [0.1, 0.15) is 0 Å². The zero-order valence-corrected chi connectivity index (χ0v) is 35.9. The molecular formula is C59H40F3N3. The van der Waals surface area contributed by atoms with Crippen LogP contribution in [0.5, 0.6) is 0 Å². The monoisotopic (exact) mass is 847 g/mol. The topological polar surface area (TPSA) is 33.6 Å². The SMILES string of the molecule is Cc1ccccc1-c1ccc2c(c1)c1ccccc1n2-c1ccc(C#N)cc1-c1cc(-c2c(C)cccc2C(F)(F)F)ccc1-n1c2ccccc2c2cc(-c3ccccc3C)ccc21. The Labute approximate surface area is 374 Å². The third-order valence-corrected chi connectivity index (χ3v) is 13.0. The molecule has 0 bridgehead atoms. The first kappa shape index (κ1) is 39.7. The molecule has 0 saturated heterocycles. The van der Waals surface area contributed by atoms with Gasteiger partial charge in [-0.1, -0.05) is 115 Å². The average molecular weight is 848 g/mol. The second-order valence-corrected chi connectivity index (χ2v) is 16.9. The highest BCUT2D eigenvalue weighted by Crippen LogP contribution is 2.46. The van der Waals surface area contributed by atoms with Crippen LogP contribution < -0.4 is 0 Å². The summed E-state index contributed by atoms with van der Waals surface area (Å²) < 4.78 is 49.2. The first-order valence-electron chi connectivity index (χ1n) is 21.6. The maximum Gasteiger partial charge on any atom is 0.417 e. The number of aromatic nitrogens is 2. The third-order valence-electron chi connectivity index (χ3n) is 13.0. The maximum absolute atomic E-state index is 14.9. The fourth-order valence-corrected chi connectivity index (χ4v) is 10.00. The molecule has 11 aromatic rings. The van der Waals surface area contributed by atoms with E-state index in [1.54, 1.807) is 19.1 Å². The Kier molecular flexibility index (Phi) is 9.34. The van der Waals surface area contributed by atoms with Crippen molar-refractivity contribution in [1.82, 2.24) is 9.13 Å². The van der Waals surface area contributed by atoms with Gasteiger partial charge in [0, 0.05) is 32.7 Å². The van der Waals surface area contributed by atoms with Crippen LogP contribution in [0.2, 0.25) is 0 Å². The lowest BCUT2D eigenvalue weighted by atomic mass is 9.90. The van der Waals surface area contributed by atoms with E-state index in [-0.39, 0.29) is 5.56 Å². The smallest absolute Gasteiger partial charge is 0.309 e. The molecule has 3 nitrogen and oxygen atoms in total. The van der Waals surface area contributed by atoms with Gasteiger partial charge in [-0.3, -0.25) is 0 Å². The Morgan fingerprint density at radius 3 is 1.40 bits per heavy atom. The van der Waals surface area contributed by atoms with E-state index in [1.807, 2.05) is 66.7 Å². The molecule has 11 rings (SSSR count). The Bertz CT molecular complexity index is 3760. The van der Waals surface area contributed by atoms with Crippen molar-refractivity contribution in [1.29, 1.82) is 5.26 Å². The quantitative estimate of drug-likeness (QED) is 0.164. The molecule has 0 radical (unpaired) electrons. The summed E-state index contributed by atoms with van der Waals surface area (Å²) in [5.41, 5.74) is 14.4. The van der Waals surface area contributed by atoms with Gasteiger partial charge in [-0.15, -0.1) is 0 Å². The minimum atomic E-state index is -4.59. The average Bonchev–Trinajstić information content (AvgIpc) is 3.83. The molecule has 0 atom stereocenters. The van der Waals surface area contributed by atoms with Crippen molar-refractivity contribution in [2.75, 3.05) is 0 Å². The minimum Gasteiger partial charge on any atom is -0.309 e. The number of nitriles is 1. The predicted octanol–water partition coefficient (Wildman–Crippen LogP) is 16.4. The summed E-state index contributed by atoms with van der Waals surface area (Å²) in [7, 11) is 0. The molecule has 65 heavy (non-hydrogen) atoms. The number of hydrogen-bond acceptors (Lipinski definition) is 1. The highest BCUT2D eigenvalue weighted by molar-refractivity contribution is 6.13. The number of hydrogen-bond donors (Lipinski definition) is 0. The molecule has 6 heteroatoms. The van der Waals surface area contributed by atoms with Gasteiger partial charge in [0.25, 0.3) is 0 Å². The Morgan fingerprint density at radius 1 is 0.400 bits per heavy atom. The van der Waals surface area contributed by atoms with Gasteiger partial charge in [0.2, 0.25) is 0 Å². The van der Waals surface area contributed by atoms with Crippen molar-refractivity contribution in [3.63, 3.8) is 0 Å². The van der Waals surface area contributed by atoms with Gasteiger partial charge in [-0.05, 0) is 144 Å². The van der Waals surface area contributed by atoms with Crippen molar-refractivity contribution < 1.29 is 13.2 Å². The van der Waals surface area contributed by atoms with Crippen LogP contribution in [-0.4, -0.2) is 9.13 Å². The highest BCUT2D eigenvalue weighted by atomic mass is 19.4. The van der Waals surface area contributed by atoms with Gasteiger partial charge in [-0.25, -0.2) is 0 Å². The number of benzene rings is 9.